The Balaban J connectivity index is 1.52. The summed E-state index contributed by atoms with van der Waals surface area (Å²) in [7, 11) is 0. The van der Waals surface area contributed by atoms with Crippen LogP contribution in [0.3, 0.4) is 0 Å². The molecule has 3 atom stereocenters. The quantitative estimate of drug-likeness (QED) is 0.619. The molecule has 1 aliphatic carbocycles. The van der Waals surface area contributed by atoms with E-state index in [-0.39, 0.29) is 35.7 Å². The fourth-order valence-electron chi connectivity index (χ4n) is 4.72. The summed E-state index contributed by atoms with van der Waals surface area (Å²) in [5.41, 5.74) is 1.62. The molecule has 2 amide bonds. The van der Waals surface area contributed by atoms with Gasteiger partial charge in [-0.15, -0.1) is 0 Å². The maximum absolute atomic E-state index is 13.2. The van der Waals surface area contributed by atoms with Gasteiger partial charge in [0.25, 0.3) is 5.91 Å². The number of hydrogen-bond donors (Lipinski definition) is 3. The molecule has 166 valence electrons. The first kappa shape index (κ1) is 21.4. The molecule has 31 heavy (non-hydrogen) atoms. The Morgan fingerprint density at radius 1 is 1.26 bits per heavy atom. The zero-order valence-electron chi connectivity index (χ0n) is 17.9. The molecule has 2 aromatic rings. The van der Waals surface area contributed by atoms with Crippen molar-refractivity contribution >= 4 is 28.6 Å². The Bertz CT molecular complexity index is 981. The minimum absolute atomic E-state index is 0.00983. The third-order valence-corrected chi connectivity index (χ3v) is 6.57. The van der Waals surface area contributed by atoms with Crippen LogP contribution in [0.4, 0.5) is 0 Å². The lowest BCUT2D eigenvalue weighted by molar-refractivity contribution is -0.128. The minimum Gasteiger partial charge on any atom is -0.368 e. The van der Waals surface area contributed by atoms with Crippen molar-refractivity contribution in [2.75, 3.05) is 6.61 Å². The molecule has 4 rings (SSSR count). The van der Waals surface area contributed by atoms with Gasteiger partial charge in [0.05, 0.1) is 6.10 Å². The average molecular weight is 428 g/mol. The highest BCUT2D eigenvalue weighted by Crippen LogP contribution is 2.41. The lowest BCUT2D eigenvalue weighted by atomic mass is 9.81. The second-order valence-corrected chi connectivity index (χ2v) is 8.99. The summed E-state index contributed by atoms with van der Waals surface area (Å²) in [5, 5.41) is 16.3. The van der Waals surface area contributed by atoms with E-state index < -0.39 is 12.1 Å². The van der Waals surface area contributed by atoms with E-state index in [2.05, 4.69) is 33.0 Å². The SMILES string of the molecule is CC[C@@H]1OCC(=O)[C@H]1NC(=O)[C@H](CC1(C)CCCC1)NC(=O)c1ccc2n[nH]nc2c1. The fourth-order valence-corrected chi connectivity index (χ4v) is 4.72. The maximum atomic E-state index is 13.2. The van der Waals surface area contributed by atoms with Gasteiger partial charge in [0.15, 0.2) is 5.78 Å². The smallest absolute Gasteiger partial charge is 0.252 e. The summed E-state index contributed by atoms with van der Waals surface area (Å²) in [6, 6.07) is 3.60. The first-order valence-electron chi connectivity index (χ1n) is 10.9. The number of carbonyl (C=O) groups excluding carboxylic acids is 3. The van der Waals surface area contributed by atoms with Crippen molar-refractivity contribution in [2.45, 2.75) is 70.6 Å². The zero-order chi connectivity index (χ0) is 22.0. The van der Waals surface area contributed by atoms with Crippen LogP contribution in [0.25, 0.3) is 11.0 Å². The molecular weight excluding hydrogens is 398 g/mol. The van der Waals surface area contributed by atoms with E-state index >= 15 is 0 Å². The number of rotatable bonds is 7. The van der Waals surface area contributed by atoms with E-state index in [0.717, 1.165) is 25.7 Å². The number of H-pyrrole nitrogens is 1. The van der Waals surface area contributed by atoms with Crippen LogP contribution in [0, 0.1) is 5.41 Å². The van der Waals surface area contributed by atoms with Gasteiger partial charge in [-0.25, -0.2) is 0 Å². The van der Waals surface area contributed by atoms with Gasteiger partial charge in [-0.05, 0) is 49.3 Å². The lowest BCUT2D eigenvalue weighted by Gasteiger charge is -2.30. The number of benzene rings is 1. The molecule has 2 heterocycles. The molecule has 2 aliphatic rings. The van der Waals surface area contributed by atoms with Crippen molar-refractivity contribution in [3.63, 3.8) is 0 Å². The van der Waals surface area contributed by atoms with E-state index in [0.29, 0.717) is 29.4 Å². The number of amides is 2. The number of ketones is 1. The molecule has 0 unspecified atom stereocenters. The molecule has 1 aliphatic heterocycles. The van der Waals surface area contributed by atoms with E-state index in [4.69, 9.17) is 4.74 Å². The summed E-state index contributed by atoms with van der Waals surface area (Å²) in [5.74, 6) is -0.826. The summed E-state index contributed by atoms with van der Waals surface area (Å²) in [6.07, 6.45) is 5.09. The topological polar surface area (TPSA) is 126 Å². The van der Waals surface area contributed by atoms with Crippen LogP contribution < -0.4 is 10.6 Å². The number of aromatic nitrogens is 3. The third kappa shape index (κ3) is 4.61. The largest absolute Gasteiger partial charge is 0.368 e. The molecule has 9 heteroatoms. The van der Waals surface area contributed by atoms with E-state index in [9.17, 15) is 14.4 Å². The number of nitrogens with one attached hydrogen (secondary N) is 3. The minimum atomic E-state index is -0.741. The summed E-state index contributed by atoms with van der Waals surface area (Å²) >= 11 is 0. The summed E-state index contributed by atoms with van der Waals surface area (Å²) in [6.45, 7) is 4.09. The molecule has 3 N–H and O–H groups in total. The number of aromatic amines is 1. The lowest BCUT2D eigenvalue weighted by Crippen LogP contribution is -2.54. The molecule has 1 saturated carbocycles. The maximum Gasteiger partial charge on any atom is 0.252 e. The molecule has 9 nitrogen and oxygen atoms in total. The highest BCUT2D eigenvalue weighted by molar-refractivity contribution is 6.00. The van der Waals surface area contributed by atoms with Crippen LogP contribution >= 0.6 is 0 Å². The van der Waals surface area contributed by atoms with E-state index in [1.807, 2.05) is 6.92 Å². The van der Waals surface area contributed by atoms with Gasteiger partial charge >= 0.3 is 0 Å². The molecule has 1 aromatic carbocycles. The van der Waals surface area contributed by atoms with E-state index in [1.54, 1.807) is 18.2 Å². The number of ether oxygens (including phenoxy) is 1. The second kappa shape index (κ2) is 8.74. The van der Waals surface area contributed by atoms with Crippen molar-refractivity contribution in [2.24, 2.45) is 5.41 Å². The summed E-state index contributed by atoms with van der Waals surface area (Å²) < 4.78 is 5.48. The van der Waals surface area contributed by atoms with Crippen LogP contribution in [-0.2, 0) is 14.3 Å². The predicted molar refractivity (Wildman–Crippen MR) is 113 cm³/mol. The number of nitrogens with zero attached hydrogens (tertiary/aromatic N) is 2. The molecule has 1 aromatic heterocycles. The normalized spacial score (nSPS) is 23.7. The molecule has 2 fully saturated rings. The van der Waals surface area contributed by atoms with Crippen molar-refractivity contribution < 1.29 is 19.1 Å². The third-order valence-electron chi connectivity index (χ3n) is 6.57. The summed E-state index contributed by atoms with van der Waals surface area (Å²) in [4.78, 5) is 38.4. The first-order chi connectivity index (χ1) is 14.9. The highest BCUT2D eigenvalue weighted by Gasteiger charge is 2.39. The van der Waals surface area contributed by atoms with Crippen molar-refractivity contribution in [1.29, 1.82) is 0 Å². The molecule has 0 spiro atoms. The fraction of sp³-hybridized carbons (Fsp3) is 0.591. The van der Waals surface area contributed by atoms with Gasteiger partial charge in [0.1, 0.15) is 29.7 Å². The number of carbonyl (C=O) groups is 3. The Hall–Kier alpha value is -2.81. The Morgan fingerprint density at radius 2 is 2.00 bits per heavy atom. The predicted octanol–water partition coefficient (Wildman–Crippen LogP) is 1.89. The van der Waals surface area contributed by atoms with Crippen molar-refractivity contribution in [1.82, 2.24) is 26.0 Å². The van der Waals surface area contributed by atoms with Crippen LogP contribution in [0.15, 0.2) is 18.2 Å². The first-order valence-corrected chi connectivity index (χ1v) is 10.9. The van der Waals surface area contributed by atoms with Crippen molar-refractivity contribution in [3.8, 4) is 0 Å². The standard InChI is InChI=1S/C22H29N5O4/c1-3-18-19(17(28)12-31-18)24-21(30)16(11-22(2)8-4-5-9-22)23-20(29)13-6-7-14-15(10-13)26-27-25-14/h6-7,10,16,18-19H,3-5,8-9,11-12H2,1-2H3,(H,23,29)(H,24,30)(H,25,26,27)/t16-,18-,19+/m0/s1. The van der Waals surface area contributed by atoms with Crippen LogP contribution in [-0.4, -0.2) is 57.8 Å². The molecule has 0 radical (unpaired) electrons. The number of fused-ring (bicyclic) bond motifs is 1. The highest BCUT2D eigenvalue weighted by atomic mass is 16.5. The van der Waals surface area contributed by atoms with Gasteiger partial charge in [0.2, 0.25) is 5.91 Å². The molecular formula is C22H29N5O4. The van der Waals surface area contributed by atoms with Gasteiger partial charge in [-0.3, -0.25) is 14.4 Å². The van der Waals surface area contributed by atoms with E-state index in [1.165, 1.54) is 0 Å². The van der Waals surface area contributed by atoms with Crippen LogP contribution in [0.2, 0.25) is 0 Å². The zero-order valence-corrected chi connectivity index (χ0v) is 17.9. The van der Waals surface area contributed by atoms with Gasteiger partial charge in [-0.2, -0.15) is 15.4 Å². The molecule has 1 saturated heterocycles. The van der Waals surface area contributed by atoms with Gasteiger partial charge in [0, 0.05) is 5.56 Å². The molecule has 0 bridgehead atoms. The van der Waals surface area contributed by atoms with Gasteiger partial charge < -0.3 is 15.4 Å². The average Bonchev–Trinajstić information content (AvgIpc) is 3.48. The Labute approximate surface area is 180 Å². The number of Topliss-reactive ketones (excluding diaryl/α,β-unsaturated/α-hetero) is 1. The van der Waals surface area contributed by atoms with Crippen LogP contribution in [0.5, 0.6) is 0 Å². The van der Waals surface area contributed by atoms with Crippen LogP contribution in [0.1, 0.15) is 62.7 Å². The second-order valence-electron chi connectivity index (χ2n) is 8.99. The Kier molecular flexibility index (Phi) is 6.04. The van der Waals surface area contributed by atoms with Gasteiger partial charge in [-0.1, -0.05) is 26.7 Å². The van der Waals surface area contributed by atoms with Crippen molar-refractivity contribution in [3.05, 3.63) is 23.8 Å². The number of hydrogen-bond acceptors (Lipinski definition) is 6. The Morgan fingerprint density at radius 3 is 2.74 bits per heavy atom. The monoisotopic (exact) mass is 427 g/mol.